The fraction of sp³-hybridized carbons (Fsp3) is 0.455. The number of fused-ring (bicyclic) bond motifs is 1. The van der Waals surface area contributed by atoms with Gasteiger partial charge in [0.25, 0.3) is 11.8 Å². The number of thiazole rings is 1. The molecule has 0 radical (unpaired) electrons. The molecule has 3 amide bonds. The first-order valence-corrected chi connectivity index (χ1v) is 11.1. The van der Waals surface area contributed by atoms with Crippen LogP contribution in [0.5, 0.6) is 0 Å². The molecule has 2 N–H and O–H groups in total. The van der Waals surface area contributed by atoms with Crippen molar-refractivity contribution in [1.29, 1.82) is 0 Å². The summed E-state index contributed by atoms with van der Waals surface area (Å²) in [6, 6.07) is 4.77. The van der Waals surface area contributed by atoms with Crippen molar-refractivity contribution in [3.05, 3.63) is 34.7 Å². The zero-order valence-electron chi connectivity index (χ0n) is 18.9. The molecular weight excluding hydrogens is 432 g/mol. The molecule has 10 heteroatoms. The van der Waals surface area contributed by atoms with E-state index in [9.17, 15) is 14.4 Å². The van der Waals surface area contributed by atoms with Gasteiger partial charge in [0.1, 0.15) is 11.6 Å². The number of anilines is 1. The summed E-state index contributed by atoms with van der Waals surface area (Å²) in [4.78, 5) is 43.3. The van der Waals surface area contributed by atoms with Crippen LogP contribution in [0.3, 0.4) is 0 Å². The Balaban J connectivity index is 1.70. The molecule has 1 atom stereocenters. The molecule has 1 aromatic carbocycles. The molecule has 0 aliphatic carbocycles. The molecule has 1 aliphatic rings. The summed E-state index contributed by atoms with van der Waals surface area (Å²) in [5, 5.41) is 7.40. The minimum atomic E-state index is -0.945. The number of hydrogen-bond acceptors (Lipinski definition) is 7. The summed E-state index contributed by atoms with van der Waals surface area (Å²) in [7, 11) is 3.23. The second-order valence-electron chi connectivity index (χ2n) is 8.53. The van der Waals surface area contributed by atoms with Crippen LogP contribution in [0.15, 0.2) is 23.6 Å². The van der Waals surface area contributed by atoms with E-state index in [1.807, 2.05) is 18.2 Å². The fourth-order valence-electron chi connectivity index (χ4n) is 3.20. The lowest BCUT2D eigenvalue weighted by molar-refractivity contribution is -0.119. The summed E-state index contributed by atoms with van der Waals surface area (Å²) in [6.45, 7) is 5.89. The molecule has 0 saturated carbocycles. The van der Waals surface area contributed by atoms with Gasteiger partial charge < -0.3 is 25.0 Å². The van der Waals surface area contributed by atoms with Crippen molar-refractivity contribution in [2.24, 2.45) is 0 Å². The SMILES string of the molecule is COC[C@H](NC(=O)OC(C)(C)C)C(=O)Nc1nc(-c2ccc3c(c2)C(=O)N(C)CC3)cs1. The minimum absolute atomic E-state index is 0.00696. The van der Waals surface area contributed by atoms with Gasteiger partial charge in [-0.2, -0.15) is 0 Å². The number of carbonyl (C=O) groups excluding carboxylic acids is 3. The first-order valence-electron chi connectivity index (χ1n) is 10.2. The van der Waals surface area contributed by atoms with E-state index >= 15 is 0 Å². The molecule has 0 bridgehead atoms. The molecule has 32 heavy (non-hydrogen) atoms. The fourth-order valence-corrected chi connectivity index (χ4v) is 3.93. The summed E-state index contributed by atoms with van der Waals surface area (Å²) < 4.78 is 10.3. The maximum absolute atomic E-state index is 12.7. The predicted molar refractivity (Wildman–Crippen MR) is 122 cm³/mol. The second kappa shape index (κ2) is 9.66. The molecule has 9 nitrogen and oxygen atoms in total. The van der Waals surface area contributed by atoms with Gasteiger partial charge in [-0.1, -0.05) is 12.1 Å². The number of ether oxygens (including phenoxy) is 2. The topological polar surface area (TPSA) is 110 Å². The van der Waals surface area contributed by atoms with E-state index in [1.165, 1.54) is 18.4 Å². The molecule has 3 rings (SSSR count). The summed E-state index contributed by atoms with van der Waals surface area (Å²) in [5.41, 5.74) is 2.46. The number of nitrogens with zero attached hydrogens (tertiary/aromatic N) is 2. The van der Waals surface area contributed by atoms with Gasteiger partial charge in [0, 0.05) is 37.2 Å². The maximum atomic E-state index is 12.7. The van der Waals surface area contributed by atoms with Crippen LogP contribution in [-0.4, -0.2) is 66.7 Å². The molecule has 0 fully saturated rings. The van der Waals surface area contributed by atoms with Gasteiger partial charge in [0.15, 0.2) is 5.13 Å². The molecule has 2 heterocycles. The number of nitrogens with one attached hydrogen (secondary N) is 2. The third kappa shape index (κ3) is 5.83. The first-order chi connectivity index (χ1) is 15.1. The lowest BCUT2D eigenvalue weighted by atomic mass is 9.96. The standard InChI is InChI=1S/C22H28N4O5S/c1-22(2,3)31-21(29)24-16(11-30-5)18(27)25-20-23-17(12-32-20)14-7-6-13-8-9-26(4)19(28)15(13)10-14/h6-7,10,12,16H,8-9,11H2,1-5H3,(H,24,29)(H,23,25,27)/t16-/m0/s1. The molecule has 0 unspecified atom stereocenters. The lowest BCUT2D eigenvalue weighted by Crippen LogP contribution is -2.48. The summed E-state index contributed by atoms with van der Waals surface area (Å²) in [6.07, 6.45) is 0.111. The van der Waals surface area contributed by atoms with Gasteiger partial charge in [-0.25, -0.2) is 9.78 Å². The van der Waals surface area contributed by atoms with Crippen LogP contribution in [0.2, 0.25) is 0 Å². The van der Waals surface area contributed by atoms with E-state index in [4.69, 9.17) is 9.47 Å². The van der Waals surface area contributed by atoms with Crippen LogP contribution < -0.4 is 10.6 Å². The number of alkyl carbamates (subject to hydrolysis) is 1. The number of hydrogen-bond donors (Lipinski definition) is 2. The molecular formula is C22H28N4O5S. The second-order valence-corrected chi connectivity index (χ2v) is 9.39. The molecule has 2 aromatic rings. The number of aromatic nitrogens is 1. The Morgan fingerprint density at radius 2 is 2.06 bits per heavy atom. The van der Waals surface area contributed by atoms with Crippen molar-refractivity contribution in [1.82, 2.24) is 15.2 Å². The van der Waals surface area contributed by atoms with Crippen LogP contribution in [-0.2, 0) is 20.7 Å². The van der Waals surface area contributed by atoms with E-state index in [-0.39, 0.29) is 12.5 Å². The average Bonchev–Trinajstić information content (AvgIpc) is 3.17. The molecule has 1 aromatic heterocycles. The average molecular weight is 461 g/mol. The van der Waals surface area contributed by atoms with Gasteiger partial charge in [-0.15, -0.1) is 11.3 Å². The Morgan fingerprint density at radius 1 is 1.31 bits per heavy atom. The van der Waals surface area contributed by atoms with Crippen LogP contribution in [0.1, 0.15) is 36.7 Å². The highest BCUT2D eigenvalue weighted by molar-refractivity contribution is 7.14. The molecule has 172 valence electrons. The minimum Gasteiger partial charge on any atom is -0.444 e. The number of methoxy groups -OCH3 is 1. The van der Waals surface area contributed by atoms with Gasteiger partial charge >= 0.3 is 6.09 Å². The number of likely N-dealkylation sites (N-methyl/N-ethyl adjacent to an activating group) is 1. The molecule has 0 spiro atoms. The summed E-state index contributed by atoms with van der Waals surface area (Å²) >= 11 is 1.25. The largest absolute Gasteiger partial charge is 0.444 e. The van der Waals surface area contributed by atoms with Gasteiger partial charge in [-0.3, -0.25) is 9.59 Å². The number of carbonyl (C=O) groups is 3. The normalized spacial score (nSPS) is 14.5. The number of rotatable bonds is 6. The van der Waals surface area contributed by atoms with Crippen molar-refractivity contribution in [3.63, 3.8) is 0 Å². The summed E-state index contributed by atoms with van der Waals surface area (Å²) in [5.74, 6) is -0.478. The van der Waals surface area contributed by atoms with Gasteiger partial charge in [0.2, 0.25) is 0 Å². The van der Waals surface area contributed by atoms with Gasteiger partial charge in [-0.05, 0) is 38.8 Å². The van der Waals surface area contributed by atoms with Crippen molar-refractivity contribution in [3.8, 4) is 11.3 Å². The Morgan fingerprint density at radius 3 is 2.75 bits per heavy atom. The first kappa shape index (κ1) is 23.7. The number of amides is 3. The van der Waals surface area contributed by atoms with Crippen molar-refractivity contribution < 1.29 is 23.9 Å². The third-order valence-corrected chi connectivity index (χ3v) is 5.53. The number of benzene rings is 1. The Kier molecular flexibility index (Phi) is 7.15. The van der Waals surface area contributed by atoms with E-state index < -0.39 is 23.6 Å². The highest BCUT2D eigenvalue weighted by Crippen LogP contribution is 2.28. The smallest absolute Gasteiger partial charge is 0.408 e. The van der Waals surface area contributed by atoms with E-state index in [1.54, 1.807) is 38.1 Å². The highest BCUT2D eigenvalue weighted by atomic mass is 32.1. The molecule has 0 saturated heterocycles. The van der Waals surface area contributed by atoms with Crippen LogP contribution >= 0.6 is 11.3 Å². The highest BCUT2D eigenvalue weighted by Gasteiger charge is 2.26. The van der Waals surface area contributed by atoms with E-state index in [2.05, 4.69) is 15.6 Å². The third-order valence-electron chi connectivity index (χ3n) is 4.77. The van der Waals surface area contributed by atoms with Crippen molar-refractivity contribution in [2.75, 3.05) is 32.6 Å². The lowest BCUT2D eigenvalue weighted by Gasteiger charge is -2.25. The van der Waals surface area contributed by atoms with Crippen molar-refractivity contribution >= 4 is 34.4 Å². The predicted octanol–water partition coefficient (Wildman–Crippen LogP) is 2.92. The zero-order chi connectivity index (χ0) is 23.5. The van der Waals surface area contributed by atoms with Gasteiger partial charge in [0.05, 0.1) is 12.3 Å². The van der Waals surface area contributed by atoms with Crippen LogP contribution in [0.4, 0.5) is 9.93 Å². The molecule has 1 aliphatic heterocycles. The van der Waals surface area contributed by atoms with Crippen molar-refractivity contribution in [2.45, 2.75) is 38.8 Å². The Hall–Kier alpha value is -2.98. The maximum Gasteiger partial charge on any atom is 0.408 e. The Labute approximate surface area is 191 Å². The van der Waals surface area contributed by atoms with Crippen LogP contribution in [0.25, 0.3) is 11.3 Å². The van der Waals surface area contributed by atoms with E-state index in [0.29, 0.717) is 22.9 Å². The van der Waals surface area contributed by atoms with Crippen LogP contribution in [0, 0.1) is 0 Å². The quantitative estimate of drug-likeness (QED) is 0.686. The zero-order valence-corrected chi connectivity index (χ0v) is 19.7. The Bertz CT molecular complexity index is 1010. The monoisotopic (exact) mass is 460 g/mol. The van der Waals surface area contributed by atoms with E-state index in [0.717, 1.165) is 17.5 Å².